The van der Waals surface area contributed by atoms with Gasteiger partial charge in [-0.2, -0.15) is 5.10 Å². The van der Waals surface area contributed by atoms with Crippen LogP contribution >= 0.6 is 24.0 Å². The van der Waals surface area contributed by atoms with Gasteiger partial charge < -0.3 is 10.2 Å². The minimum absolute atomic E-state index is 0. The molecule has 0 radical (unpaired) electrons. The van der Waals surface area contributed by atoms with Crippen LogP contribution in [0.15, 0.2) is 17.4 Å². The minimum atomic E-state index is 0. The highest BCUT2D eigenvalue weighted by Crippen LogP contribution is 2.26. The number of aryl methyl sites for hydroxylation is 1. The van der Waals surface area contributed by atoms with Gasteiger partial charge in [0.05, 0.1) is 12.7 Å². The molecule has 1 aromatic rings. The maximum atomic E-state index is 5.00. The Morgan fingerprint density at radius 2 is 2.15 bits per heavy atom. The molecule has 3 heterocycles. The Balaban J connectivity index is 0.00000261. The number of aromatic nitrogens is 2. The highest BCUT2D eigenvalue weighted by molar-refractivity contribution is 14.0. The molecule has 27 heavy (non-hydrogen) atoms. The monoisotopic (exact) mass is 488 g/mol. The molecule has 0 spiro atoms. The van der Waals surface area contributed by atoms with Gasteiger partial charge in [-0.1, -0.05) is 6.92 Å². The van der Waals surface area contributed by atoms with Crippen LogP contribution < -0.4 is 5.32 Å². The summed E-state index contributed by atoms with van der Waals surface area (Å²) in [5, 5.41) is 7.84. The second-order valence-electron chi connectivity index (χ2n) is 8.16. The third-order valence-electron chi connectivity index (χ3n) is 5.84. The fourth-order valence-electron chi connectivity index (χ4n) is 4.26. The first-order valence-electron chi connectivity index (χ1n) is 10.3. The van der Waals surface area contributed by atoms with Gasteiger partial charge in [-0.25, -0.2) is 0 Å². The summed E-state index contributed by atoms with van der Waals surface area (Å²) in [7, 11) is 1.99. The van der Waals surface area contributed by atoms with Crippen molar-refractivity contribution in [3.63, 3.8) is 0 Å². The standard InChI is InChI=1S/C20H36N6.HI/c1-5-21-20(22-11-17(3)25-9-6-7-16(2)13-25)26-10-8-18(15-26)19-12-23-24(4)14-19;/h12,14,16-18H,5-11,13,15H2,1-4H3,(H,21,22);1H. The van der Waals surface area contributed by atoms with Crippen LogP contribution in [0, 0.1) is 5.92 Å². The Labute approximate surface area is 181 Å². The first kappa shape index (κ1) is 22.5. The Morgan fingerprint density at radius 3 is 2.81 bits per heavy atom. The van der Waals surface area contributed by atoms with Crippen LogP contribution in [-0.2, 0) is 7.05 Å². The van der Waals surface area contributed by atoms with Gasteiger partial charge in [-0.15, -0.1) is 24.0 Å². The number of hydrogen-bond acceptors (Lipinski definition) is 3. The van der Waals surface area contributed by atoms with E-state index in [1.54, 1.807) is 0 Å². The van der Waals surface area contributed by atoms with Crippen molar-refractivity contribution in [2.75, 3.05) is 39.3 Å². The van der Waals surface area contributed by atoms with Gasteiger partial charge in [0.15, 0.2) is 5.96 Å². The lowest BCUT2D eigenvalue weighted by Gasteiger charge is -2.35. The van der Waals surface area contributed by atoms with Crippen LogP contribution in [-0.4, -0.2) is 70.9 Å². The zero-order chi connectivity index (χ0) is 18.5. The molecule has 2 saturated heterocycles. The molecular weight excluding hydrogens is 451 g/mol. The Bertz CT molecular complexity index is 601. The average Bonchev–Trinajstić information content (AvgIpc) is 3.27. The summed E-state index contributed by atoms with van der Waals surface area (Å²) >= 11 is 0. The smallest absolute Gasteiger partial charge is 0.193 e. The molecule has 0 amide bonds. The van der Waals surface area contributed by atoms with Gasteiger partial charge in [0.25, 0.3) is 0 Å². The molecule has 7 heteroatoms. The average molecular weight is 488 g/mol. The van der Waals surface area contributed by atoms with E-state index in [2.05, 4.69) is 47.2 Å². The lowest BCUT2D eigenvalue weighted by atomic mass is 9.99. The van der Waals surface area contributed by atoms with E-state index in [0.717, 1.165) is 38.1 Å². The Kier molecular flexibility index (Phi) is 8.85. The van der Waals surface area contributed by atoms with Gasteiger partial charge in [0, 0.05) is 51.4 Å². The SMILES string of the molecule is CCNC(=NCC(C)N1CCCC(C)C1)N1CCC(c2cnn(C)c2)C1.I. The van der Waals surface area contributed by atoms with E-state index in [9.17, 15) is 0 Å². The van der Waals surface area contributed by atoms with E-state index >= 15 is 0 Å². The molecule has 2 aliphatic rings. The summed E-state index contributed by atoms with van der Waals surface area (Å²) < 4.78 is 1.90. The summed E-state index contributed by atoms with van der Waals surface area (Å²) in [6.45, 7) is 13.2. The number of halogens is 1. The van der Waals surface area contributed by atoms with Crippen LogP contribution in [0.25, 0.3) is 0 Å². The second kappa shape index (κ2) is 10.6. The normalized spacial score (nSPS) is 25.3. The van der Waals surface area contributed by atoms with Crippen molar-refractivity contribution >= 4 is 29.9 Å². The number of piperidine rings is 1. The van der Waals surface area contributed by atoms with E-state index in [1.807, 2.05) is 17.9 Å². The largest absolute Gasteiger partial charge is 0.357 e. The highest BCUT2D eigenvalue weighted by atomic mass is 127. The van der Waals surface area contributed by atoms with Crippen LogP contribution in [0.3, 0.4) is 0 Å². The quantitative estimate of drug-likeness (QED) is 0.394. The molecule has 3 rings (SSSR count). The molecule has 3 atom stereocenters. The lowest BCUT2D eigenvalue weighted by Crippen LogP contribution is -2.44. The van der Waals surface area contributed by atoms with E-state index in [-0.39, 0.29) is 24.0 Å². The van der Waals surface area contributed by atoms with Gasteiger partial charge in [-0.3, -0.25) is 14.6 Å². The molecular formula is C20H37IN6. The maximum Gasteiger partial charge on any atom is 0.193 e. The van der Waals surface area contributed by atoms with Crippen LogP contribution in [0.4, 0.5) is 0 Å². The van der Waals surface area contributed by atoms with E-state index in [4.69, 9.17) is 4.99 Å². The molecule has 154 valence electrons. The minimum Gasteiger partial charge on any atom is -0.357 e. The van der Waals surface area contributed by atoms with Crippen LogP contribution in [0.2, 0.25) is 0 Å². The van der Waals surface area contributed by atoms with Gasteiger partial charge in [0.2, 0.25) is 0 Å². The molecule has 0 aliphatic carbocycles. The molecule has 3 unspecified atom stereocenters. The number of guanidine groups is 1. The fraction of sp³-hybridized carbons (Fsp3) is 0.800. The second-order valence-corrected chi connectivity index (χ2v) is 8.16. The highest BCUT2D eigenvalue weighted by Gasteiger charge is 2.27. The summed E-state index contributed by atoms with van der Waals surface area (Å²) in [6, 6.07) is 0.517. The van der Waals surface area contributed by atoms with Crippen LogP contribution in [0.1, 0.15) is 51.5 Å². The predicted molar refractivity (Wildman–Crippen MR) is 123 cm³/mol. The van der Waals surface area contributed by atoms with Crippen LogP contribution in [0.5, 0.6) is 0 Å². The van der Waals surface area contributed by atoms with Crippen molar-refractivity contribution in [1.82, 2.24) is 24.9 Å². The van der Waals surface area contributed by atoms with Crippen molar-refractivity contribution in [3.8, 4) is 0 Å². The summed E-state index contributed by atoms with van der Waals surface area (Å²) in [4.78, 5) is 10.0. The van der Waals surface area contributed by atoms with E-state index < -0.39 is 0 Å². The fourth-order valence-corrected chi connectivity index (χ4v) is 4.26. The molecule has 1 aromatic heterocycles. The number of nitrogens with one attached hydrogen (secondary N) is 1. The molecule has 6 nitrogen and oxygen atoms in total. The first-order valence-corrected chi connectivity index (χ1v) is 10.3. The molecule has 1 N–H and O–H groups in total. The van der Waals surface area contributed by atoms with Gasteiger partial charge >= 0.3 is 0 Å². The lowest BCUT2D eigenvalue weighted by molar-refractivity contribution is 0.142. The predicted octanol–water partition coefficient (Wildman–Crippen LogP) is 2.91. The summed E-state index contributed by atoms with van der Waals surface area (Å²) in [5.41, 5.74) is 1.35. The zero-order valence-corrected chi connectivity index (χ0v) is 19.7. The van der Waals surface area contributed by atoms with Crippen molar-refractivity contribution in [2.24, 2.45) is 18.0 Å². The number of aliphatic imine (C=N–C) groups is 1. The molecule has 0 aromatic carbocycles. The third-order valence-corrected chi connectivity index (χ3v) is 5.84. The van der Waals surface area contributed by atoms with Crippen molar-refractivity contribution in [1.29, 1.82) is 0 Å². The van der Waals surface area contributed by atoms with E-state index in [1.165, 1.54) is 37.9 Å². The molecule has 2 fully saturated rings. The van der Waals surface area contributed by atoms with Gasteiger partial charge in [0.1, 0.15) is 0 Å². The number of nitrogens with zero attached hydrogens (tertiary/aromatic N) is 5. The molecule has 2 aliphatic heterocycles. The van der Waals surface area contributed by atoms with Crippen molar-refractivity contribution < 1.29 is 0 Å². The maximum absolute atomic E-state index is 5.00. The first-order chi connectivity index (χ1) is 12.6. The topological polar surface area (TPSA) is 48.7 Å². The third kappa shape index (κ3) is 6.07. The number of hydrogen-bond donors (Lipinski definition) is 1. The Morgan fingerprint density at radius 1 is 1.33 bits per heavy atom. The molecule has 0 bridgehead atoms. The number of likely N-dealkylation sites (tertiary alicyclic amines) is 2. The zero-order valence-electron chi connectivity index (χ0n) is 17.4. The van der Waals surface area contributed by atoms with Gasteiger partial charge in [-0.05, 0) is 51.1 Å². The Hall–Kier alpha value is -0.830. The van der Waals surface area contributed by atoms with Crippen molar-refractivity contribution in [2.45, 2.75) is 52.0 Å². The molecule has 0 saturated carbocycles. The van der Waals surface area contributed by atoms with E-state index in [0.29, 0.717) is 12.0 Å². The number of rotatable bonds is 5. The summed E-state index contributed by atoms with van der Waals surface area (Å²) in [5.74, 6) is 2.46. The van der Waals surface area contributed by atoms with Crippen molar-refractivity contribution in [3.05, 3.63) is 18.0 Å². The summed E-state index contributed by atoms with van der Waals surface area (Å²) in [6.07, 6.45) is 8.04.